The van der Waals surface area contributed by atoms with Crippen molar-refractivity contribution in [3.8, 4) is 0 Å². The van der Waals surface area contributed by atoms with E-state index in [2.05, 4.69) is 42.5 Å². The molecule has 2 atom stereocenters. The Balaban J connectivity index is 0.000000380. The minimum atomic E-state index is -0.958. The lowest BCUT2D eigenvalue weighted by atomic mass is 10.0. The van der Waals surface area contributed by atoms with Crippen LogP contribution >= 0.6 is 31.9 Å². The van der Waals surface area contributed by atoms with Gasteiger partial charge in [0.2, 0.25) is 11.8 Å². The number of nitrogens with one attached hydrogen (secondary N) is 2. The van der Waals surface area contributed by atoms with Crippen LogP contribution in [0.3, 0.4) is 0 Å². The molecule has 0 saturated heterocycles. The Morgan fingerprint density at radius 3 is 1.26 bits per heavy atom. The molecule has 2 unspecified atom stereocenters. The molecule has 0 radical (unpaired) electrons. The van der Waals surface area contributed by atoms with Gasteiger partial charge in [-0.2, -0.15) is 0 Å². The summed E-state index contributed by atoms with van der Waals surface area (Å²) >= 11 is 6.62. The average molecular weight is 660 g/mol. The second-order valence-corrected chi connectivity index (χ2v) is 9.86. The third-order valence-corrected chi connectivity index (χ3v) is 6.10. The molecule has 0 bridgehead atoms. The third kappa shape index (κ3) is 14.2. The van der Waals surface area contributed by atoms with Crippen molar-refractivity contribution in [2.75, 3.05) is 27.4 Å². The second-order valence-electron chi connectivity index (χ2n) is 8.02. The van der Waals surface area contributed by atoms with Gasteiger partial charge in [-0.05, 0) is 35.4 Å². The van der Waals surface area contributed by atoms with Gasteiger partial charge in [0.15, 0.2) is 0 Å². The SMILES string of the molecule is COCCC(=O)NC(CC(=O)O)c1ccc(Br)cc1.COCCC(=O)NC(CC(=O)O)c1ccc(Br)cc1. The lowest BCUT2D eigenvalue weighted by molar-refractivity contribution is -0.139. The Bertz CT molecular complexity index is 949. The number of hydrogen-bond acceptors (Lipinski definition) is 6. The molecular formula is C26H32Br2N2O8. The Morgan fingerprint density at radius 2 is 1.00 bits per heavy atom. The minimum Gasteiger partial charge on any atom is -0.481 e. The molecule has 0 saturated carbocycles. The molecule has 0 aliphatic rings. The number of aliphatic carboxylic acids is 2. The van der Waals surface area contributed by atoms with E-state index >= 15 is 0 Å². The maximum atomic E-state index is 11.6. The van der Waals surface area contributed by atoms with Crippen molar-refractivity contribution in [3.63, 3.8) is 0 Å². The summed E-state index contributed by atoms with van der Waals surface area (Å²) in [5, 5.41) is 23.2. The van der Waals surface area contributed by atoms with Gasteiger partial charge in [0.25, 0.3) is 0 Å². The monoisotopic (exact) mass is 658 g/mol. The van der Waals surface area contributed by atoms with Gasteiger partial charge in [0.05, 0.1) is 38.1 Å². The number of hydrogen-bond donors (Lipinski definition) is 4. The zero-order chi connectivity index (χ0) is 28.5. The topological polar surface area (TPSA) is 151 Å². The molecule has 10 nitrogen and oxygen atoms in total. The van der Waals surface area contributed by atoms with Gasteiger partial charge >= 0.3 is 11.9 Å². The highest BCUT2D eigenvalue weighted by Crippen LogP contribution is 2.21. The van der Waals surface area contributed by atoms with Crippen molar-refractivity contribution in [1.29, 1.82) is 0 Å². The number of carbonyl (C=O) groups excluding carboxylic acids is 2. The van der Waals surface area contributed by atoms with E-state index in [4.69, 9.17) is 19.7 Å². The fourth-order valence-corrected chi connectivity index (χ4v) is 3.70. The first kappa shape index (κ1) is 33.2. The summed E-state index contributed by atoms with van der Waals surface area (Å²) in [6.45, 7) is 0.623. The standard InChI is InChI=1S/2C13H16BrNO4/c2*1-19-7-6-12(16)15-11(8-13(17)18)9-2-4-10(14)5-3-9/h2*2-5,11H,6-8H2,1H3,(H,15,16)(H,17,18). The molecule has 12 heteroatoms. The predicted octanol–water partition coefficient (Wildman–Crippen LogP) is 4.24. The van der Waals surface area contributed by atoms with Crippen LogP contribution in [0.5, 0.6) is 0 Å². The summed E-state index contributed by atoms with van der Waals surface area (Å²) in [5.74, 6) is -2.37. The van der Waals surface area contributed by atoms with Gasteiger partial charge in [-0.3, -0.25) is 19.2 Å². The molecule has 0 aliphatic carbocycles. The zero-order valence-corrected chi connectivity index (χ0v) is 24.3. The van der Waals surface area contributed by atoms with E-state index in [9.17, 15) is 19.2 Å². The van der Waals surface area contributed by atoms with Gasteiger partial charge in [-0.25, -0.2) is 0 Å². The minimum absolute atomic E-state index is 0.152. The van der Waals surface area contributed by atoms with Crippen LogP contribution in [0, 0.1) is 0 Å². The molecule has 0 fully saturated rings. The molecule has 208 valence electrons. The lowest BCUT2D eigenvalue weighted by Gasteiger charge is -2.17. The summed E-state index contributed by atoms with van der Waals surface area (Å²) in [5.41, 5.74) is 1.52. The van der Waals surface area contributed by atoms with Crippen molar-refractivity contribution in [2.24, 2.45) is 0 Å². The summed E-state index contributed by atoms with van der Waals surface area (Å²) < 4.78 is 11.4. The first-order chi connectivity index (χ1) is 18.0. The highest BCUT2D eigenvalue weighted by molar-refractivity contribution is 9.10. The van der Waals surface area contributed by atoms with E-state index in [1.54, 1.807) is 24.3 Å². The number of methoxy groups -OCH3 is 2. The highest BCUT2D eigenvalue weighted by atomic mass is 79.9. The molecule has 2 aromatic carbocycles. The third-order valence-electron chi connectivity index (χ3n) is 5.04. The molecular weight excluding hydrogens is 628 g/mol. The molecule has 0 aliphatic heterocycles. The molecule has 2 rings (SSSR count). The molecule has 4 N–H and O–H groups in total. The fourth-order valence-electron chi connectivity index (χ4n) is 3.17. The summed E-state index contributed by atoms with van der Waals surface area (Å²) in [6, 6.07) is 13.3. The Morgan fingerprint density at radius 1 is 0.684 bits per heavy atom. The first-order valence-electron chi connectivity index (χ1n) is 11.6. The lowest BCUT2D eigenvalue weighted by Crippen LogP contribution is -2.30. The Hall–Kier alpha value is -2.80. The van der Waals surface area contributed by atoms with E-state index in [1.807, 2.05) is 24.3 Å². The Kier molecular flexibility index (Phi) is 16.1. The number of ether oxygens (including phenoxy) is 2. The van der Waals surface area contributed by atoms with Crippen molar-refractivity contribution < 1.29 is 38.9 Å². The number of carboxylic acid groups (broad SMARTS) is 2. The maximum Gasteiger partial charge on any atom is 0.305 e. The molecule has 38 heavy (non-hydrogen) atoms. The van der Waals surface area contributed by atoms with Crippen LogP contribution in [0.25, 0.3) is 0 Å². The average Bonchev–Trinajstić information content (AvgIpc) is 2.86. The summed E-state index contributed by atoms with van der Waals surface area (Å²) in [7, 11) is 3.02. The van der Waals surface area contributed by atoms with Crippen LogP contribution in [0.1, 0.15) is 48.9 Å². The van der Waals surface area contributed by atoms with Crippen LogP contribution < -0.4 is 10.6 Å². The normalized spacial score (nSPS) is 11.9. The predicted molar refractivity (Wildman–Crippen MR) is 148 cm³/mol. The van der Waals surface area contributed by atoms with E-state index in [1.165, 1.54) is 14.2 Å². The van der Waals surface area contributed by atoms with Crippen LogP contribution in [0.2, 0.25) is 0 Å². The van der Waals surface area contributed by atoms with E-state index in [0.29, 0.717) is 13.2 Å². The van der Waals surface area contributed by atoms with Crippen LogP contribution in [0.15, 0.2) is 57.5 Å². The number of benzene rings is 2. The number of rotatable bonds is 14. The maximum absolute atomic E-state index is 11.6. The van der Waals surface area contributed by atoms with Gasteiger partial charge in [0.1, 0.15) is 0 Å². The zero-order valence-electron chi connectivity index (χ0n) is 21.1. The van der Waals surface area contributed by atoms with Gasteiger partial charge in [-0.1, -0.05) is 56.1 Å². The van der Waals surface area contributed by atoms with E-state index in [-0.39, 0.29) is 37.5 Å². The number of carbonyl (C=O) groups is 4. The largest absolute Gasteiger partial charge is 0.481 e. The van der Waals surface area contributed by atoms with Crippen molar-refractivity contribution >= 4 is 55.6 Å². The smallest absolute Gasteiger partial charge is 0.305 e. The van der Waals surface area contributed by atoms with Crippen molar-refractivity contribution in [3.05, 3.63) is 68.6 Å². The van der Waals surface area contributed by atoms with Crippen molar-refractivity contribution in [2.45, 2.75) is 37.8 Å². The second kappa shape index (κ2) is 18.5. The van der Waals surface area contributed by atoms with Gasteiger partial charge in [-0.15, -0.1) is 0 Å². The number of amides is 2. The van der Waals surface area contributed by atoms with Crippen LogP contribution in [-0.4, -0.2) is 61.4 Å². The van der Waals surface area contributed by atoms with E-state index in [0.717, 1.165) is 20.1 Å². The molecule has 0 spiro atoms. The van der Waals surface area contributed by atoms with Gasteiger partial charge in [0, 0.05) is 36.0 Å². The van der Waals surface area contributed by atoms with Crippen LogP contribution in [-0.2, 0) is 28.7 Å². The van der Waals surface area contributed by atoms with Crippen molar-refractivity contribution in [1.82, 2.24) is 10.6 Å². The van der Waals surface area contributed by atoms with E-state index < -0.39 is 24.0 Å². The van der Waals surface area contributed by atoms with Crippen LogP contribution in [0.4, 0.5) is 0 Å². The quantitative estimate of drug-likeness (QED) is 0.235. The fraction of sp³-hybridized carbons (Fsp3) is 0.385. The molecule has 0 aromatic heterocycles. The molecule has 2 amide bonds. The Labute approximate surface area is 238 Å². The molecule has 0 heterocycles. The summed E-state index contributed by atoms with van der Waals surface area (Å²) in [6.07, 6.45) is 0.118. The first-order valence-corrected chi connectivity index (χ1v) is 13.1. The number of carboxylic acids is 2. The molecule has 2 aromatic rings. The summed E-state index contributed by atoms with van der Waals surface area (Å²) in [4.78, 5) is 45.0. The van der Waals surface area contributed by atoms with Gasteiger partial charge < -0.3 is 30.3 Å². The highest BCUT2D eigenvalue weighted by Gasteiger charge is 2.19. The number of halogens is 2.